The Kier molecular flexibility index (Phi) is 4.48. The molecule has 0 spiro atoms. The van der Waals surface area contributed by atoms with Gasteiger partial charge in [0.2, 0.25) is 11.6 Å². The van der Waals surface area contributed by atoms with E-state index in [0.29, 0.717) is 16.6 Å². The van der Waals surface area contributed by atoms with Crippen molar-refractivity contribution in [2.45, 2.75) is 0 Å². The number of hydrogen-bond donors (Lipinski definition) is 4. The standard InChI is InChI=1S/C16H13N5O5/c17-14(18)9-3-8-4-11(26-16(8)20-5-9)15(24)21-10-1-2-12(19-6-10)25-7-13(22)23/h1-6H,7H2,(H3,17,18)(H,21,24)(H,22,23). The van der Waals surface area contributed by atoms with Crippen molar-refractivity contribution in [2.75, 3.05) is 11.9 Å². The van der Waals surface area contributed by atoms with Gasteiger partial charge in [-0.1, -0.05) is 0 Å². The largest absolute Gasteiger partial charge is 0.479 e. The molecule has 0 fully saturated rings. The minimum atomic E-state index is -1.12. The van der Waals surface area contributed by atoms with Gasteiger partial charge in [0.1, 0.15) is 5.84 Å². The zero-order valence-corrected chi connectivity index (χ0v) is 13.2. The number of hydrogen-bond acceptors (Lipinski definition) is 7. The Bertz CT molecular complexity index is 996. The van der Waals surface area contributed by atoms with Gasteiger partial charge in [-0.3, -0.25) is 10.2 Å². The number of ether oxygens (including phenoxy) is 1. The van der Waals surface area contributed by atoms with Gasteiger partial charge in [-0.05, 0) is 18.2 Å². The number of aliphatic carboxylic acids is 1. The highest BCUT2D eigenvalue weighted by atomic mass is 16.5. The number of carbonyl (C=O) groups excluding carboxylic acids is 1. The van der Waals surface area contributed by atoms with Crippen LogP contribution in [0.15, 0.2) is 41.1 Å². The molecule has 0 aliphatic carbocycles. The van der Waals surface area contributed by atoms with Crippen LogP contribution < -0.4 is 15.8 Å². The number of carbonyl (C=O) groups is 2. The summed E-state index contributed by atoms with van der Waals surface area (Å²) in [5, 5.41) is 19.1. The van der Waals surface area contributed by atoms with E-state index < -0.39 is 18.5 Å². The zero-order valence-electron chi connectivity index (χ0n) is 13.2. The third-order valence-electron chi connectivity index (χ3n) is 3.24. The summed E-state index contributed by atoms with van der Waals surface area (Å²) in [6.45, 7) is -0.507. The van der Waals surface area contributed by atoms with Crippen LogP contribution >= 0.6 is 0 Å². The second-order valence-electron chi connectivity index (χ2n) is 5.16. The Morgan fingerprint density at radius 1 is 1.27 bits per heavy atom. The van der Waals surface area contributed by atoms with Gasteiger partial charge in [0.15, 0.2) is 12.4 Å². The number of amides is 1. The first kappa shape index (κ1) is 16.9. The van der Waals surface area contributed by atoms with E-state index in [9.17, 15) is 9.59 Å². The molecule has 0 saturated carbocycles. The normalized spacial score (nSPS) is 10.5. The first-order valence-corrected chi connectivity index (χ1v) is 7.28. The first-order chi connectivity index (χ1) is 12.4. The smallest absolute Gasteiger partial charge is 0.341 e. The molecule has 3 aromatic rings. The Balaban J connectivity index is 1.72. The Hall–Kier alpha value is -3.95. The van der Waals surface area contributed by atoms with E-state index in [1.54, 1.807) is 6.07 Å². The van der Waals surface area contributed by atoms with E-state index >= 15 is 0 Å². The van der Waals surface area contributed by atoms with Crippen molar-refractivity contribution in [3.63, 3.8) is 0 Å². The van der Waals surface area contributed by atoms with Crippen LogP contribution in [-0.2, 0) is 4.79 Å². The SMILES string of the molecule is N=C(N)c1cnc2oc(C(=O)Nc3ccc(OCC(=O)O)nc3)cc2c1. The van der Waals surface area contributed by atoms with Gasteiger partial charge in [-0.2, -0.15) is 0 Å². The molecule has 3 heterocycles. The maximum Gasteiger partial charge on any atom is 0.341 e. The van der Waals surface area contributed by atoms with Gasteiger partial charge in [-0.15, -0.1) is 0 Å². The van der Waals surface area contributed by atoms with Crippen LogP contribution in [0.1, 0.15) is 16.1 Å². The number of nitrogens with two attached hydrogens (primary N) is 1. The molecule has 0 atom stereocenters. The molecule has 10 nitrogen and oxygen atoms in total. The molecule has 3 aromatic heterocycles. The van der Waals surface area contributed by atoms with Crippen molar-refractivity contribution in [3.05, 3.63) is 48.0 Å². The molecule has 5 N–H and O–H groups in total. The molecule has 0 bridgehead atoms. The fourth-order valence-electron chi connectivity index (χ4n) is 2.06. The zero-order chi connectivity index (χ0) is 18.7. The summed E-state index contributed by atoms with van der Waals surface area (Å²) < 4.78 is 10.3. The highest BCUT2D eigenvalue weighted by Crippen LogP contribution is 2.20. The number of nitrogens with zero attached hydrogens (tertiary/aromatic N) is 2. The predicted molar refractivity (Wildman–Crippen MR) is 90.3 cm³/mol. The van der Waals surface area contributed by atoms with Gasteiger partial charge in [-0.25, -0.2) is 14.8 Å². The number of rotatable bonds is 6. The molecule has 1 amide bonds. The van der Waals surface area contributed by atoms with E-state index in [-0.39, 0.29) is 23.2 Å². The average Bonchev–Trinajstić information content (AvgIpc) is 3.04. The van der Waals surface area contributed by atoms with Crippen molar-refractivity contribution in [3.8, 4) is 5.88 Å². The van der Waals surface area contributed by atoms with Crippen molar-refractivity contribution in [1.82, 2.24) is 9.97 Å². The Morgan fingerprint density at radius 3 is 2.73 bits per heavy atom. The average molecular weight is 355 g/mol. The molecule has 3 rings (SSSR count). The van der Waals surface area contributed by atoms with Crippen LogP contribution in [0, 0.1) is 5.41 Å². The van der Waals surface area contributed by atoms with Crippen LogP contribution in [0.25, 0.3) is 11.1 Å². The second-order valence-corrected chi connectivity index (χ2v) is 5.16. The first-order valence-electron chi connectivity index (χ1n) is 7.28. The van der Waals surface area contributed by atoms with E-state index in [1.165, 1.54) is 30.6 Å². The lowest BCUT2D eigenvalue weighted by Crippen LogP contribution is -2.12. The van der Waals surface area contributed by atoms with Gasteiger partial charge in [0.05, 0.1) is 11.9 Å². The summed E-state index contributed by atoms with van der Waals surface area (Å²) in [5.41, 5.74) is 6.45. The van der Waals surface area contributed by atoms with E-state index in [0.717, 1.165) is 0 Å². The molecule has 0 aliphatic heterocycles. The molecule has 0 aromatic carbocycles. The van der Waals surface area contributed by atoms with Crippen molar-refractivity contribution < 1.29 is 23.8 Å². The molecule has 0 saturated heterocycles. The highest BCUT2D eigenvalue weighted by Gasteiger charge is 2.14. The predicted octanol–water partition coefficient (Wildman–Crippen LogP) is 1.22. The van der Waals surface area contributed by atoms with Crippen LogP contribution in [-0.4, -0.2) is 39.4 Å². The molecule has 0 radical (unpaired) electrons. The Labute approximate surface area is 146 Å². The van der Waals surface area contributed by atoms with Gasteiger partial charge >= 0.3 is 5.97 Å². The van der Waals surface area contributed by atoms with Crippen molar-refractivity contribution >= 4 is 34.5 Å². The van der Waals surface area contributed by atoms with E-state index in [2.05, 4.69) is 15.3 Å². The number of amidine groups is 1. The number of carboxylic acid groups (broad SMARTS) is 1. The topological polar surface area (TPSA) is 164 Å². The molecule has 10 heteroatoms. The summed E-state index contributed by atoms with van der Waals surface area (Å²) >= 11 is 0. The number of carboxylic acids is 1. The monoisotopic (exact) mass is 355 g/mol. The number of anilines is 1. The molecular formula is C16H13N5O5. The summed E-state index contributed by atoms with van der Waals surface area (Å²) in [6.07, 6.45) is 2.71. The molecule has 132 valence electrons. The van der Waals surface area contributed by atoms with E-state index in [4.69, 9.17) is 25.4 Å². The fraction of sp³-hybridized carbons (Fsp3) is 0.0625. The number of nitrogens with one attached hydrogen (secondary N) is 2. The lowest BCUT2D eigenvalue weighted by molar-refractivity contribution is -0.139. The summed E-state index contributed by atoms with van der Waals surface area (Å²) in [4.78, 5) is 30.6. The maximum atomic E-state index is 12.3. The lowest BCUT2D eigenvalue weighted by Gasteiger charge is -2.04. The van der Waals surface area contributed by atoms with Crippen molar-refractivity contribution in [2.24, 2.45) is 5.73 Å². The Morgan fingerprint density at radius 2 is 2.08 bits per heavy atom. The third kappa shape index (κ3) is 3.75. The molecule has 26 heavy (non-hydrogen) atoms. The van der Waals surface area contributed by atoms with Crippen LogP contribution in [0.3, 0.4) is 0 Å². The molecular weight excluding hydrogens is 342 g/mol. The second kappa shape index (κ2) is 6.89. The molecule has 0 unspecified atom stereocenters. The van der Waals surface area contributed by atoms with Crippen LogP contribution in [0.5, 0.6) is 5.88 Å². The highest BCUT2D eigenvalue weighted by molar-refractivity contribution is 6.05. The number of nitrogen functional groups attached to an aromatic ring is 1. The number of fused-ring (bicyclic) bond motifs is 1. The minimum Gasteiger partial charge on any atom is -0.479 e. The van der Waals surface area contributed by atoms with Crippen LogP contribution in [0.2, 0.25) is 0 Å². The number of furan rings is 1. The van der Waals surface area contributed by atoms with Crippen molar-refractivity contribution in [1.29, 1.82) is 5.41 Å². The third-order valence-corrected chi connectivity index (χ3v) is 3.24. The number of aromatic nitrogens is 2. The number of pyridine rings is 2. The quantitative estimate of drug-likeness (QED) is 0.378. The maximum absolute atomic E-state index is 12.3. The van der Waals surface area contributed by atoms with Crippen LogP contribution in [0.4, 0.5) is 5.69 Å². The summed E-state index contributed by atoms with van der Waals surface area (Å²) in [7, 11) is 0. The fourth-order valence-corrected chi connectivity index (χ4v) is 2.06. The van der Waals surface area contributed by atoms with Gasteiger partial charge in [0, 0.05) is 23.2 Å². The molecule has 0 aliphatic rings. The van der Waals surface area contributed by atoms with Gasteiger partial charge < -0.3 is 25.3 Å². The summed E-state index contributed by atoms with van der Waals surface area (Å²) in [6, 6.07) is 6.03. The minimum absolute atomic E-state index is 0.0272. The summed E-state index contributed by atoms with van der Waals surface area (Å²) in [5.74, 6) is -1.62. The van der Waals surface area contributed by atoms with Gasteiger partial charge in [0.25, 0.3) is 5.91 Å². The van der Waals surface area contributed by atoms with E-state index in [1.807, 2.05) is 0 Å². The lowest BCUT2D eigenvalue weighted by atomic mass is 10.2.